The molecule has 0 spiro atoms. The van der Waals surface area contributed by atoms with Crippen molar-refractivity contribution in [1.82, 2.24) is 4.98 Å². The molecule has 1 aromatic heterocycles. The van der Waals surface area contributed by atoms with Crippen LogP contribution in [0.2, 0.25) is 19.1 Å². The van der Waals surface area contributed by atoms with Crippen molar-refractivity contribution in [2.24, 2.45) is 0 Å². The molecule has 6 heteroatoms. The highest BCUT2D eigenvalue weighted by Crippen LogP contribution is 2.36. The Balaban J connectivity index is 2.11. The van der Waals surface area contributed by atoms with E-state index in [0.29, 0.717) is 6.61 Å². The van der Waals surface area contributed by atoms with E-state index in [1.165, 1.54) is 18.9 Å². The van der Waals surface area contributed by atoms with Crippen molar-refractivity contribution in [2.75, 3.05) is 0 Å². The zero-order valence-electron chi connectivity index (χ0n) is 17.2. The Morgan fingerprint density at radius 1 is 1.12 bits per heavy atom. The summed E-state index contributed by atoms with van der Waals surface area (Å²) >= 11 is 0. The number of unbranched alkanes of at least 4 members (excludes halogenated alkanes) is 1. The van der Waals surface area contributed by atoms with Crippen molar-refractivity contribution in [1.29, 1.82) is 0 Å². The van der Waals surface area contributed by atoms with Crippen LogP contribution < -0.4 is 5.46 Å². The fraction of sp³-hybridized carbons (Fsp3) is 0.737. The number of aryl methyl sites for hydroxylation is 1. The molecular weight excluding hydrogens is 329 g/mol. The zero-order valence-corrected chi connectivity index (χ0v) is 18.2. The van der Waals surface area contributed by atoms with Crippen molar-refractivity contribution >= 4 is 20.9 Å². The highest BCUT2D eigenvalue weighted by atomic mass is 28.4. The molecule has 0 atom stereocenters. The van der Waals surface area contributed by atoms with Gasteiger partial charge in [0.25, 0.3) is 0 Å². The third-order valence-electron chi connectivity index (χ3n) is 5.30. The largest absolute Gasteiger partial charge is 0.494 e. The van der Waals surface area contributed by atoms with Crippen molar-refractivity contribution in [3.63, 3.8) is 0 Å². The summed E-state index contributed by atoms with van der Waals surface area (Å²) in [4.78, 5) is 4.65. The third-order valence-corrected chi connectivity index (χ3v) is 7.78. The Morgan fingerprint density at radius 3 is 2.28 bits per heavy atom. The quantitative estimate of drug-likeness (QED) is 0.681. The van der Waals surface area contributed by atoms with Gasteiger partial charge in [0.1, 0.15) is 0 Å². The molecule has 2 rings (SSSR count). The van der Waals surface area contributed by atoms with Crippen molar-refractivity contribution in [3.05, 3.63) is 23.5 Å². The van der Waals surface area contributed by atoms with E-state index < -0.39 is 8.32 Å². The normalized spacial score (nSPS) is 19.4. The minimum atomic E-state index is -1.62. The zero-order chi connectivity index (χ0) is 18.9. The van der Waals surface area contributed by atoms with Crippen molar-refractivity contribution < 1.29 is 13.7 Å². The average molecular weight is 363 g/mol. The van der Waals surface area contributed by atoms with Crippen LogP contribution in [0.4, 0.5) is 0 Å². The molecule has 4 nitrogen and oxygen atoms in total. The van der Waals surface area contributed by atoms with Gasteiger partial charge in [-0.25, -0.2) is 0 Å². The van der Waals surface area contributed by atoms with E-state index in [1.54, 1.807) is 0 Å². The van der Waals surface area contributed by atoms with Crippen molar-refractivity contribution in [3.8, 4) is 0 Å². The maximum atomic E-state index is 6.27. The van der Waals surface area contributed by atoms with Crippen LogP contribution in [0.1, 0.15) is 58.8 Å². The van der Waals surface area contributed by atoms with Crippen LogP contribution >= 0.6 is 0 Å². The second kappa shape index (κ2) is 7.51. The van der Waals surface area contributed by atoms with Gasteiger partial charge in [-0.3, -0.25) is 4.98 Å². The smallest absolute Gasteiger partial charge is 0.411 e. The molecule has 140 valence electrons. The number of pyridine rings is 1. The molecule has 1 aliphatic heterocycles. The Hall–Kier alpha value is -0.688. The van der Waals surface area contributed by atoms with Gasteiger partial charge in [-0.2, -0.15) is 0 Å². The fourth-order valence-electron chi connectivity index (χ4n) is 2.90. The van der Waals surface area contributed by atoms with Gasteiger partial charge in [0.2, 0.25) is 0 Å². The van der Waals surface area contributed by atoms with Crippen LogP contribution in [-0.4, -0.2) is 31.6 Å². The molecule has 2 heterocycles. The molecule has 25 heavy (non-hydrogen) atoms. The van der Waals surface area contributed by atoms with E-state index in [0.717, 1.165) is 16.9 Å². The predicted octanol–water partition coefficient (Wildman–Crippen LogP) is 4.21. The molecule has 0 aliphatic carbocycles. The van der Waals surface area contributed by atoms with Gasteiger partial charge in [-0.1, -0.05) is 19.8 Å². The Bertz CT molecular complexity index is 588. The van der Waals surface area contributed by atoms with Gasteiger partial charge in [0, 0.05) is 5.69 Å². The first-order chi connectivity index (χ1) is 11.5. The van der Waals surface area contributed by atoms with Crippen LogP contribution in [0.5, 0.6) is 0 Å². The van der Waals surface area contributed by atoms with E-state index in [1.807, 2.05) is 13.0 Å². The summed E-state index contributed by atoms with van der Waals surface area (Å²) in [5.41, 5.74) is 2.29. The molecule has 0 radical (unpaired) electrons. The summed E-state index contributed by atoms with van der Waals surface area (Å²) in [7, 11) is -1.97. The first kappa shape index (κ1) is 20.6. The minimum Gasteiger partial charge on any atom is -0.411 e. The maximum Gasteiger partial charge on any atom is 0.494 e. The van der Waals surface area contributed by atoms with Crippen LogP contribution in [0.3, 0.4) is 0 Å². The molecule has 1 fully saturated rings. The summed E-state index contributed by atoms with van der Waals surface area (Å²) in [6.45, 7) is 17.7. The lowest BCUT2D eigenvalue weighted by Crippen LogP contribution is -2.41. The van der Waals surface area contributed by atoms with Gasteiger partial charge in [0.05, 0.1) is 23.5 Å². The van der Waals surface area contributed by atoms with Gasteiger partial charge >= 0.3 is 7.12 Å². The molecule has 0 amide bonds. The molecule has 1 aliphatic rings. The average Bonchev–Trinajstić information content (AvgIpc) is 2.71. The molecule has 1 saturated heterocycles. The summed E-state index contributed by atoms with van der Waals surface area (Å²) in [6.07, 6.45) is 2.45. The summed E-state index contributed by atoms with van der Waals surface area (Å²) in [6, 6.07) is 5.31. The standard InChI is InChI=1S/C19H34BNO3Si/c1-9-10-11-25(7,8)22-14-17-13-16(12-15(2)21-17)20-23-18(3,4)19(5,6)24-20/h12-13H,9-11,14H2,1-8H3. The van der Waals surface area contributed by atoms with Crippen LogP contribution in [0, 0.1) is 6.92 Å². The summed E-state index contributed by atoms with van der Waals surface area (Å²) in [5.74, 6) is 0. The Labute approximate surface area is 154 Å². The molecule has 0 unspecified atom stereocenters. The summed E-state index contributed by atoms with van der Waals surface area (Å²) < 4.78 is 18.6. The lowest BCUT2D eigenvalue weighted by molar-refractivity contribution is 0.00578. The van der Waals surface area contributed by atoms with Gasteiger partial charge in [-0.15, -0.1) is 0 Å². The topological polar surface area (TPSA) is 40.6 Å². The van der Waals surface area contributed by atoms with E-state index in [2.05, 4.69) is 58.8 Å². The number of rotatable bonds is 7. The molecule has 0 bridgehead atoms. The highest BCUT2D eigenvalue weighted by molar-refractivity contribution is 6.71. The number of aromatic nitrogens is 1. The van der Waals surface area contributed by atoms with Crippen LogP contribution in [0.25, 0.3) is 0 Å². The SMILES string of the molecule is CCCC[Si](C)(C)OCc1cc(B2OC(C)(C)C(C)(C)O2)cc(C)n1. The third kappa shape index (κ3) is 5.16. The monoisotopic (exact) mass is 363 g/mol. The minimum absolute atomic E-state index is 0.333. The lowest BCUT2D eigenvalue weighted by atomic mass is 9.79. The van der Waals surface area contributed by atoms with Crippen molar-refractivity contribution in [2.45, 2.75) is 91.3 Å². The Morgan fingerprint density at radius 2 is 1.72 bits per heavy atom. The molecule has 1 aromatic rings. The van der Waals surface area contributed by atoms with Gasteiger partial charge in [0.15, 0.2) is 8.32 Å². The maximum absolute atomic E-state index is 6.27. The molecular formula is C19H34BNO3Si. The predicted molar refractivity (Wildman–Crippen MR) is 107 cm³/mol. The summed E-state index contributed by atoms with van der Waals surface area (Å²) in [5, 5.41) is 0. The first-order valence-electron chi connectivity index (χ1n) is 9.43. The second-order valence-electron chi connectivity index (χ2n) is 8.77. The number of nitrogens with zero attached hydrogens (tertiary/aromatic N) is 1. The first-order valence-corrected chi connectivity index (χ1v) is 12.5. The van der Waals surface area contributed by atoms with E-state index >= 15 is 0 Å². The Kier molecular flexibility index (Phi) is 6.19. The fourth-order valence-corrected chi connectivity index (χ4v) is 4.79. The molecule has 0 aromatic carbocycles. The van der Waals surface area contributed by atoms with Gasteiger partial charge < -0.3 is 13.7 Å². The number of hydrogen-bond acceptors (Lipinski definition) is 4. The molecule has 0 N–H and O–H groups in total. The van der Waals surface area contributed by atoms with E-state index in [4.69, 9.17) is 13.7 Å². The van der Waals surface area contributed by atoms with E-state index in [-0.39, 0.29) is 18.3 Å². The van der Waals surface area contributed by atoms with E-state index in [9.17, 15) is 0 Å². The highest BCUT2D eigenvalue weighted by Gasteiger charge is 2.51. The van der Waals surface area contributed by atoms with Gasteiger partial charge in [-0.05, 0) is 71.4 Å². The van der Waals surface area contributed by atoms with Crippen LogP contribution in [0.15, 0.2) is 12.1 Å². The number of hydrogen-bond donors (Lipinski definition) is 0. The van der Waals surface area contributed by atoms with Crippen LogP contribution in [-0.2, 0) is 20.3 Å². The molecule has 0 saturated carbocycles. The second-order valence-corrected chi connectivity index (χ2v) is 13.1. The lowest BCUT2D eigenvalue weighted by Gasteiger charge is -2.32.